The quantitative estimate of drug-likeness (QED) is 0.334. The number of aryl methyl sites for hydroxylation is 1. The average molecular weight is 410 g/mol. The topological polar surface area (TPSA) is 97.5 Å². The highest BCUT2D eigenvalue weighted by molar-refractivity contribution is 5.95. The predicted octanol–water partition coefficient (Wildman–Crippen LogP) is 3.70. The van der Waals surface area contributed by atoms with E-state index in [1.54, 1.807) is 6.20 Å². The summed E-state index contributed by atoms with van der Waals surface area (Å²) in [5, 5.41) is 10.8. The van der Waals surface area contributed by atoms with E-state index < -0.39 is 0 Å². The van der Waals surface area contributed by atoms with Crippen molar-refractivity contribution in [1.82, 2.24) is 19.1 Å². The van der Waals surface area contributed by atoms with Crippen LogP contribution in [0, 0.1) is 5.41 Å². The first-order valence-corrected chi connectivity index (χ1v) is 9.14. The molecule has 1 atom stereocenters. The van der Waals surface area contributed by atoms with Crippen molar-refractivity contribution in [3.63, 3.8) is 0 Å². The Labute approximate surface area is 175 Å². The second-order valence-corrected chi connectivity index (χ2v) is 6.87. The monoisotopic (exact) mass is 409 g/mol. The molecule has 29 heavy (non-hydrogen) atoms. The molecule has 0 aliphatic rings. The minimum Gasteiger partial charge on any atom is -0.384 e. The van der Waals surface area contributed by atoms with E-state index in [0.29, 0.717) is 12.1 Å². The minimum absolute atomic E-state index is 0. The van der Waals surface area contributed by atoms with Crippen LogP contribution in [0.2, 0.25) is 0 Å². The SMILES string of the molecule is CC(c1ccc2c(c1)nc(CNc1ccc(C(=N)N)cc1)n2C)n1ccnc1.Cl. The molecule has 2 aromatic carbocycles. The Morgan fingerprint density at radius 1 is 1.21 bits per heavy atom. The molecular weight excluding hydrogens is 386 g/mol. The number of benzene rings is 2. The normalized spacial score (nSPS) is 11.8. The third-order valence-electron chi connectivity index (χ3n) is 5.10. The fraction of sp³-hybridized carbons (Fsp3) is 0.190. The molecule has 0 spiro atoms. The number of nitrogens with zero attached hydrogens (tertiary/aromatic N) is 4. The van der Waals surface area contributed by atoms with Gasteiger partial charge in [-0.25, -0.2) is 9.97 Å². The number of aromatic nitrogens is 4. The van der Waals surface area contributed by atoms with Gasteiger partial charge in [-0.05, 0) is 48.9 Å². The number of nitrogens with two attached hydrogens (primary N) is 1. The molecular formula is C21H24ClN7. The second kappa shape index (κ2) is 8.36. The van der Waals surface area contributed by atoms with Crippen LogP contribution in [0.4, 0.5) is 5.69 Å². The molecule has 150 valence electrons. The first kappa shape index (κ1) is 20.4. The third kappa shape index (κ3) is 4.09. The molecule has 1 unspecified atom stereocenters. The third-order valence-corrected chi connectivity index (χ3v) is 5.10. The highest BCUT2D eigenvalue weighted by atomic mass is 35.5. The molecule has 7 nitrogen and oxygen atoms in total. The van der Waals surface area contributed by atoms with Crippen LogP contribution in [-0.4, -0.2) is 24.9 Å². The van der Waals surface area contributed by atoms with Gasteiger partial charge in [-0.3, -0.25) is 5.41 Å². The van der Waals surface area contributed by atoms with Gasteiger partial charge in [-0.15, -0.1) is 12.4 Å². The van der Waals surface area contributed by atoms with Crippen molar-refractivity contribution < 1.29 is 0 Å². The summed E-state index contributed by atoms with van der Waals surface area (Å²) in [4.78, 5) is 8.95. The minimum atomic E-state index is 0. The Hall–Kier alpha value is -3.32. The summed E-state index contributed by atoms with van der Waals surface area (Å²) in [6.45, 7) is 2.76. The molecule has 2 heterocycles. The molecule has 4 N–H and O–H groups in total. The standard InChI is InChI=1S/C21H23N7.ClH/c1-14(28-10-9-24-13-28)16-5-8-19-18(11-16)26-20(27(19)2)12-25-17-6-3-15(4-7-17)21(22)23;/h3-11,13-14,25H,12H2,1-2H3,(H3,22,23);1H. The zero-order valence-corrected chi connectivity index (χ0v) is 17.1. The Kier molecular flexibility index (Phi) is 5.89. The fourth-order valence-electron chi connectivity index (χ4n) is 3.30. The van der Waals surface area contributed by atoms with Gasteiger partial charge in [0.15, 0.2) is 0 Å². The van der Waals surface area contributed by atoms with Crippen LogP contribution < -0.4 is 11.1 Å². The molecule has 4 rings (SSSR count). The molecule has 0 saturated heterocycles. The zero-order valence-electron chi connectivity index (χ0n) is 16.3. The van der Waals surface area contributed by atoms with Gasteiger partial charge >= 0.3 is 0 Å². The van der Waals surface area contributed by atoms with Crippen LogP contribution in [0.15, 0.2) is 61.2 Å². The van der Waals surface area contributed by atoms with Crippen molar-refractivity contribution in [1.29, 1.82) is 5.41 Å². The Balaban J connectivity index is 0.00000240. The maximum absolute atomic E-state index is 7.46. The fourth-order valence-corrected chi connectivity index (χ4v) is 3.30. The number of anilines is 1. The molecule has 0 radical (unpaired) electrons. The number of rotatable bonds is 6. The van der Waals surface area contributed by atoms with Crippen LogP contribution in [0.25, 0.3) is 11.0 Å². The van der Waals surface area contributed by atoms with E-state index in [9.17, 15) is 0 Å². The van der Waals surface area contributed by atoms with Crippen LogP contribution in [0.1, 0.15) is 29.9 Å². The van der Waals surface area contributed by atoms with Gasteiger partial charge in [0.2, 0.25) is 0 Å². The lowest BCUT2D eigenvalue weighted by atomic mass is 10.1. The number of nitrogen functional groups attached to an aromatic ring is 1. The van der Waals surface area contributed by atoms with Crippen LogP contribution in [-0.2, 0) is 13.6 Å². The predicted molar refractivity (Wildman–Crippen MR) is 119 cm³/mol. The van der Waals surface area contributed by atoms with Crippen molar-refractivity contribution in [2.45, 2.75) is 19.5 Å². The lowest BCUT2D eigenvalue weighted by molar-refractivity contribution is 0.639. The lowest BCUT2D eigenvalue weighted by Gasteiger charge is -2.13. The molecule has 0 aliphatic heterocycles. The van der Waals surface area contributed by atoms with Gasteiger partial charge in [0.05, 0.1) is 29.9 Å². The number of hydrogen-bond acceptors (Lipinski definition) is 4. The van der Waals surface area contributed by atoms with Crippen molar-refractivity contribution in [3.05, 3.63) is 78.1 Å². The van der Waals surface area contributed by atoms with Gasteiger partial charge in [0.25, 0.3) is 0 Å². The second-order valence-electron chi connectivity index (χ2n) is 6.87. The Morgan fingerprint density at radius 2 is 1.97 bits per heavy atom. The van der Waals surface area contributed by atoms with E-state index in [1.165, 1.54) is 5.56 Å². The molecule has 8 heteroatoms. The molecule has 0 saturated carbocycles. The van der Waals surface area contributed by atoms with E-state index in [0.717, 1.165) is 22.5 Å². The summed E-state index contributed by atoms with van der Waals surface area (Å²) >= 11 is 0. The van der Waals surface area contributed by atoms with Crippen molar-refractivity contribution >= 4 is 35.0 Å². The van der Waals surface area contributed by atoms with E-state index in [4.69, 9.17) is 16.1 Å². The summed E-state index contributed by atoms with van der Waals surface area (Å²) in [6.07, 6.45) is 5.60. The first-order chi connectivity index (χ1) is 13.5. The molecule has 0 amide bonds. The molecule has 0 fully saturated rings. The first-order valence-electron chi connectivity index (χ1n) is 9.14. The zero-order chi connectivity index (χ0) is 19.7. The van der Waals surface area contributed by atoms with Gasteiger partial charge in [-0.1, -0.05) is 6.07 Å². The van der Waals surface area contributed by atoms with E-state index in [2.05, 4.69) is 44.6 Å². The number of amidine groups is 1. The van der Waals surface area contributed by atoms with Crippen molar-refractivity contribution in [2.75, 3.05) is 5.32 Å². The average Bonchev–Trinajstić information content (AvgIpc) is 3.34. The number of imidazole rings is 2. The van der Waals surface area contributed by atoms with E-state index in [1.807, 2.05) is 43.8 Å². The molecule has 0 aliphatic carbocycles. The van der Waals surface area contributed by atoms with Gasteiger partial charge < -0.3 is 20.2 Å². The number of halogens is 1. The smallest absolute Gasteiger partial charge is 0.128 e. The highest BCUT2D eigenvalue weighted by Crippen LogP contribution is 2.23. The Morgan fingerprint density at radius 3 is 2.62 bits per heavy atom. The van der Waals surface area contributed by atoms with Gasteiger partial charge in [-0.2, -0.15) is 0 Å². The maximum atomic E-state index is 7.46. The van der Waals surface area contributed by atoms with Crippen LogP contribution in [0.3, 0.4) is 0 Å². The highest BCUT2D eigenvalue weighted by Gasteiger charge is 2.12. The summed E-state index contributed by atoms with van der Waals surface area (Å²) < 4.78 is 4.19. The van der Waals surface area contributed by atoms with Gasteiger partial charge in [0.1, 0.15) is 11.7 Å². The van der Waals surface area contributed by atoms with Crippen molar-refractivity contribution in [3.8, 4) is 0 Å². The Bertz CT molecular complexity index is 1110. The van der Waals surface area contributed by atoms with E-state index >= 15 is 0 Å². The number of hydrogen-bond donors (Lipinski definition) is 3. The summed E-state index contributed by atoms with van der Waals surface area (Å²) in [5.74, 6) is 1.03. The number of nitrogens with one attached hydrogen (secondary N) is 2. The van der Waals surface area contributed by atoms with Crippen LogP contribution >= 0.6 is 12.4 Å². The molecule has 2 aromatic heterocycles. The summed E-state index contributed by atoms with van der Waals surface area (Å²) in [6, 6.07) is 14.1. The lowest BCUT2D eigenvalue weighted by Crippen LogP contribution is -2.11. The summed E-state index contributed by atoms with van der Waals surface area (Å²) in [7, 11) is 2.03. The van der Waals surface area contributed by atoms with Gasteiger partial charge in [0, 0.05) is 30.7 Å². The number of fused-ring (bicyclic) bond motifs is 1. The molecule has 0 bridgehead atoms. The largest absolute Gasteiger partial charge is 0.384 e. The summed E-state index contributed by atoms with van der Waals surface area (Å²) in [5.41, 5.74) is 10.5. The van der Waals surface area contributed by atoms with Crippen LogP contribution in [0.5, 0.6) is 0 Å². The maximum Gasteiger partial charge on any atom is 0.128 e. The van der Waals surface area contributed by atoms with E-state index in [-0.39, 0.29) is 24.3 Å². The molecule has 4 aromatic rings. The van der Waals surface area contributed by atoms with Crippen molar-refractivity contribution in [2.24, 2.45) is 12.8 Å².